The normalized spacial score (nSPS) is 11.7. The summed E-state index contributed by atoms with van der Waals surface area (Å²) in [6, 6.07) is 3.52. The first-order valence-electron chi connectivity index (χ1n) is 5.24. The highest BCUT2D eigenvalue weighted by Crippen LogP contribution is 2.15. The SMILES string of the molecule is CC(CO)(CO)Nc1ccc2nccnc2n1. The molecule has 0 aromatic carbocycles. The Kier molecular flexibility index (Phi) is 3.16. The molecule has 0 atom stereocenters. The Hall–Kier alpha value is -1.79. The molecule has 3 N–H and O–H groups in total. The van der Waals surface area contributed by atoms with Crippen LogP contribution in [0.1, 0.15) is 6.92 Å². The summed E-state index contributed by atoms with van der Waals surface area (Å²) in [7, 11) is 0. The topological polar surface area (TPSA) is 91.2 Å². The molecule has 0 radical (unpaired) electrons. The van der Waals surface area contributed by atoms with Crippen LogP contribution in [-0.4, -0.2) is 43.9 Å². The van der Waals surface area contributed by atoms with E-state index in [1.54, 1.807) is 31.5 Å². The van der Waals surface area contributed by atoms with Crippen LogP contribution in [0.25, 0.3) is 11.2 Å². The van der Waals surface area contributed by atoms with Crippen LogP contribution in [0.4, 0.5) is 5.82 Å². The van der Waals surface area contributed by atoms with Gasteiger partial charge < -0.3 is 15.5 Å². The van der Waals surface area contributed by atoms with Crippen molar-refractivity contribution < 1.29 is 10.2 Å². The molecule has 0 saturated heterocycles. The molecule has 0 amide bonds. The van der Waals surface area contributed by atoms with Crippen molar-refractivity contribution in [3.63, 3.8) is 0 Å². The van der Waals surface area contributed by atoms with Gasteiger partial charge in [0.1, 0.15) is 11.3 Å². The third-order valence-corrected chi connectivity index (χ3v) is 2.46. The van der Waals surface area contributed by atoms with E-state index in [-0.39, 0.29) is 13.2 Å². The van der Waals surface area contributed by atoms with Crippen molar-refractivity contribution >= 4 is 17.0 Å². The highest BCUT2D eigenvalue weighted by atomic mass is 16.3. The molecule has 0 bridgehead atoms. The van der Waals surface area contributed by atoms with Crippen molar-refractivity contribution in [3.05, 3.63) is 24.5 Å². The van der Waals surface area contributed by atoms with Crippen LogP contribution in [0.15, 0.2) is 24.5 Å². The number of aliphatic hydroxyl groups is 2. The second kappa shape index (κ2) is 4.60. The van der Waals surface area contributed by atoms with E-state index in [4.69, 9.17) is 0 Å². The average molecular weight is 234 g/mol. The van der Waals surface area contributed by atoms with Crippen molar-refractivity contribution in [1.82, 2.24) is 15.0 Å². The van der Waals surface area contributed by atoms with E-state index in [1.807, 2.05) is 0 Å². The monoisotopic (exact) mass is 234 g/mol. The maximum atomic E-state index is 9.18. The van der Waals surface area contributed by atoms with Crippen LogP contribution >= 0.6 is 0 Å². The number of nitrogens with one attached hydrogen (secondary N) is 1. The van der Waals surface area contributed by atoms with Gasteiger partial charge in [0, 0.05) is 12.4 Å². The lowest BCUT2D eigenvalue weighted by Crippen LogP contribution is -2.42. The van der Waals surface area contributed by atoms with E-state index in [9.17, 15) is 10.2 Å². The molecule has 0 aliphatic rings. The van der Waals surface area contributed by atoms with E-state index in [1.165, 1.54) is 0 Å². The first-order chi connectivity index (χ1) is 8.17. The standard InChI is InChI=1S/C11H14N4O2/c1-11(6-16,7-17)15-9-3-2-8-10(14-9)13-5-4-12-8/h2-5,16-17H,6-7H2,1H3,(H,13,14,15). The fourth-order valence-electron chi connectivity index (χ4n) is 1.36. The third kappa shape index (κ3) is 2.48. The molecule has 0 unspecified atom stereocenters. The quantitative estimate of drug-likeness (QED) is 0.699. The Morgan fingerprint density at radius 3 is 2.59 bits per heavy atom. The highest BCUT2D eigenvalue weighted by Gasteiger charge is 2.22. The van der Waals surface area contributed by atoms with Gasteiger partial charge in [-0.15, -0.1) is 0 Å². The number of hydrogen-bond acceptors (Lipinski definition) is 6. The summed E-state index contributed by atoms with van der Waals surface area (Å²) < 4.78 is 0. The molecule has 0 saturated carbocycles. The van der Waals surface area contributed by atoms with Crippen molar-refractivity contribution in [2.75, 3.05) is 18.5 Å². The first-order valence-corrected chi connectivity index (χ1v) is 5.24. The molecule has 0 aliphatic heterocycles. The molecule has 2 heterocycles. The molecule has 17 heavy (non-hydrogen) atoms. The van der Waals surface area contributed by atoms with Gasteiger partial charge in [0.25, 0.3) is 0 Å². The van der Waals surface area contributed by atoms with Crippen molar-refractivity contribution in [3.8, 4) is 0 Å². The smallest absolute Gasteiger partial charge is 0.180 e. The lowest BCUT2D eigenvalue weighted by Gasteiger charge is -2.26. The number of anilines is 1. The van der Waals surface area contributed by atoms with Gasteiger partial charge in [0.15, 0.2) is 5.65 Å². The predicted octanol–water partition coefficient (Wildman–Crippen LogP) is 0.180. The molecule has 2 aromatic rings. The van der Waals surface area contributed by atoms with Gasteiger partial charge in [0.05, 0.1) is 18.8 Å². The first kappa shape index (κ1) is 11.7. The zero-order valence-corrected chi connectivity index (χ0v) is 9.46. The van der Waals surface area contributed by atoms with Gasteiger partial charge in [-0.1, -0.05) is 0 Å². The minimum absolute atomic E-state index is 0.191. The van der Waals surface area contributed by atoms with Gasteiger partial charge in [-0.3, -0.25) is 4.98 Å². The molecule has 6 heteroatoms. The van der Waals surface area contributed by atoms with Crippen LogP contribution in [0.2, 0.25) is 0 Å². The van der Waals surface area contributed by atoms with Crippen molar-refractivity contribution in [2.24, 2.45) is 0 Å². The van der Waals surface area contributed by atoms with Gasteiger partial charge in [-0.05, 0) is 19.1 Å². The van der Waals surface area contributed by atoms with Crippen LogP contribution < -0.4 is 5.32 Å². The maximum absolute atomic E-state index is 9.18. The second-order valence-corrected chi connectivity index (χ2v) is 4.10. The molecular weight excluding hydrogens is 220 g/mol. The number of nitrogens with zero attached hydrogens (tertiary/aromatic N) is 3. The third-order valence-electron chi connectivity index (χ3n) is 2.46. The fourth-order valence-corrected chi connectivity index (χ4v) is 1.36. The summed E-state index contributed by atoms with van der Waals surface area (Å²) >= 11 is 0. The summed E-state index contributed by atoms with van der Waals surface area (Å²) in [6.07, 6.45) is 3.17. The number of rotatable bonds is 4. The Labute approximate surface area is 98.4 Å². The second-order valence-electron chi connectivity index (χ2n) is 4.10. The molecule has 2 rings (SSSR count). The van der Waals surface area contributed by atoms with Gasteiger partial charge in [-0.25, -0.2) is 9.97 Å². The number of aromatic nitrogens is 3. The molecule has 0 aliphatic carbocycles. The Morgan fingerprint density at radius 2 is 1.88 bits per heavy atom. The van der Waals surface area contributed by atoms with Gasteiger partial charge >= 0.3 is 0 Å². The lowest BCUT2D eigenvalue weighted by molar-refractivity contribution is 0.147. The molecule has 2 aromatic heterocycles. The summed E-state index contributed by atoms with van der Waals surface area (Å²) in [6.45, 7) is 1.32. The Balaban J connectivity index is 2.31. The molecular formula is C11H14N4O2. The van der Waals surface area contributed by atoms with Crippen LogP contribution in [-0.2, 0) is 0 Å². The van der Waals surface area contributed by atoms with E-state index in [0.29, 0.717) is 17.0 Å². The van der Waals surface area contributed by atoms with Gasteiger partial charge in [-0.2, -0.15) is 0 Å². The van der Waals surface area contributed by atoms with Crippen LogP contribution in [0.5, 0.6) is 0 Å². The number of aliphatic hydroxyl groups excluding tert-OH is 2. The predicted molar refractivity (Wildman–Crippen MR) is 63.5 cm³/mol. The number of pyridine rings is 1. The zero-order valence-electron chi connectivity index (χ0n) is 9.46. The van der Waals surface area contributed by atoms with Crippen LogP contribution in [0.3, 0.4) is 0 Å². The lowest BCUT2D eigenvalue weighted by atomic mass is 10.1. The molecule has 0 spiro atoms. The minimum Gasteiger partial charge on any atom is -0.394 e. The number of hydrogen-bond donors (Lipinski definition) is 3. The van der Waals surface area contributed by atoms with Crippen LogP contribution in [0, 0.1) is 0 Å². The maximum Gasteiger partial charge on any atom is 0.180 e. The van der Waals surface area contributed by atoms with Crippen molar-refractivity contribution in [1.29, 1.82) is 0 Å². The molecule has 0 fully saturated rings. The number of fused-ring (bicyclic) bond motifs is 1. The summed E-state index contributed by atoms with van der Waals surface area (Å²) in [4.78, 5) is 12.4. The summed E-state index contributed by atoms with van der Waals surface area (Å²) in [5, 5.41) is 21.3. The van der Waals surface area contributed by atoms with E-state index >= 15 is 0 Å². The van der Waals surface area contributed by atoms with E-state index in [2.05, 4.69) is 20.3 Å². The highest BCUT2D eigenvalue weighted by molar-refractivity contribution is 5.71. The van der Waals surface area contributed by atoms with E-state index < -0.39 is 5.54 Å². The fraction of sp³-hybridized carbons (Fsp3) is 0.364. The minimum atomic E-state index is -0.803. The van der Waals surface area contributed by atoms with Gasteiger partial charge in [0.2, 0.25) is 0 Å². The zero-order chi connectivity index (χ0) is 12.3. The molecule has 6 nitrogen and oxygen atoms in total. The Morgan fingerprint density at radius 1 is 1.18 bits per heavy atom. The van der Waals surface area contributed by atoms with Crippen molar-refractivity contribution in [2.45, 2.75) is 12.5 Å². The average Bonchev–Trinajstić information content (AvgIpc) is 2.38. The largest absolute Gasteiger partial charge is 0.394 e. The summed E-state index contributed by atoms with van der Waals surface area (Å²) in [5.74, 6) is 0.545. The Bertz CT molecular complexity index is 514. The van der Waals surface area contributed by atoms with E-state index in [0.717, 1.165) is 0 Å². The summed E-state index contributed by atoms with van der Waals surface area (Å²) in [5.41, 5.74) is 0.423. The molecule has 90 valence electrons.